The smallest absolute Gasteiger partial charge is 0.119 e. The zero-order valence-corrected chi connectivity index (χ0v) is 12.6. The summed E-state index contributed by atoms with van der Waals surface area (Å²) in [4.78, 5) is 0.874. The van der Waals surface area contributed by atoms with Crippen LogP contribution in [0.15, 0.2) is 47.4 Å². The molecule has 1 atom stereocenters. The number of thioether (sulfide) groups is 1. The van der Waals surface area contributed by atoms with Crippen LogP contribution in [0.2, 0.25) is 5.02 Å². The third-order valence-electron chi connectivity index (χ3n) is 2.85. The summed E-state index contributed by atoms with van der Waals surface area (Å²) in [6.45, 7) is 0. The van der Waals surface area contributed by atoms with Gasteiger partial charge in [-0.2, -0.15) is 0 Å². The number of aliphatic hydroxyl groups is 1. The van der Waals surface area contributed by atoms with Crippen molar-refractivity contribution in [1.29, 1.82) is 0 Å². The molecule has 0 amide bonds. The van der Waals surface area contributed by atoms with Gasteiger partial charge in [-0.05, 0) is 35.9 Å². The number of benzene rings is 2. The van der Waals surface area contributed by atoms with E-state index < -0.39 is 6.10 Å². The van der Waals surface area contributed by atoms with Gasteiger partial charge in [0.25, 0.3) is 0 Å². The predicted octanol–water partition coefficient (Wildman–Crippen LogP) is 3.76. The number of hydrogen-bond acceptors (Lipinski definition) is 4. The molecule has 0 aliphatic carbocycles. The highest BCUT2D eigenvalue weighted by Gasteiger charge is 2.10. The largest absolute Gasteiger partial charge is 0.497 e. The number of nitrogens with two attached hydrogens (primary N) is 1. The van der Waals surface area contributed by atoms with Gasteiger partial charge in [-0.15, -0.1) is 11.8 Å². The molecule has 1 unspecified atom stereocenters. The molecule has 0 spiro atoms. The minimum Gasteiger partial charge on any atom is -0.497 e. The Morgan fingerprint density at radius 2 is 2.10 bits per heavy atom. The van der Waals surface area contributed by atoms with Crippen molar-refractivity contribution < 1.29 is 9.84 Å². The number of anilines is 1. The maximum atomic E-state index is 10.2. The standard InChI is InChI=1S/C15H16ClNO2S/c1-19-12-4-2-3-10(7-12)14(18)9-20-15-8-11(16)5-6-13(15)17/h2-8,14,18H,9,17H2,1H3. The molecule has 2 aromatic rings. The zero-order chi connectivity index (χ0) is 14.5. The Bertz CT molecular complexity index is 592. The van der Waals surface area contributed by atoms with E-state index in [0.29, 0.717) is 16.5 Å². The van der Waals surface area contributed by atoms with Gasteiger partial charge in [-0.3, -0.25) is 0 Å². The molecule has 2 aromatic carbocycles. The van der Waals surface area contributed by atoms with E-state index >= 15 is 0 Å². The molecule has 0 aromatic heterocycles. The normalized spacial score (nSPS) is 12.2. The summed E-state index contributed by atoms with van der Waals surface area (Å²) in [5.41, 5.74) is 7.36. The summed E-state index contributed by atoms with van der Waals surface area (Å²) >= 11 is 7.42. The van der Waals surface area contributed by atoms with Crippen molar-refractivity contribution in [2.45, 2.75) is 11.0 Å². The molecule has 3 nitrogen and oxygen atoms in total. The van der Waals surface area contributed by atoms with Crippen molar-refractivity contribution in [3.8, 4) is 5.75 Å². The lowest BCUT2D eigenvalue weighted by atomic mass is 10.1. The monoisotopic (exact) mass is 309 g/mol. The van der Waals surface area contributed by atoms with E-state index in [0.717, 1.165) is 16.2 Å². The summed E-state index contributed by atoms with van der Waals surface area (Å²) in [6.07, 6.45) is -0.589. The van der Waals surface area contributed by atoms with Crippen LogP contribution in [0.25, 0.3) is 0 Å². The molecule has 0 aliphatic heterocycles. The number of ether oxygens (including phenoxy) is 1. The van der Waals surface area contributed by atoms with Crippen LogP contribution in [0.4, 0.5) is 5.69 Å². The van der Waals surface area contributed by atoms with E-state index in [-0.39, 0.29) is 0 Å². The summed E-state index contributed by atoms with van der Waals surface area (Å²) in [7, 11) is 1.60. The Labute approximate surface area is 127 Å². The fourth-order valence-electron chi connectivity index (χ4n) is 1.75. The zero-order valence-electron chi connectivity index (χ0n) is 11.0. The molecular formula is C15H16ClNO2S. The van der Waals surface area contributed by atoms with Crippen molar-refractivity contribution in [2.75, 3.05) is 18.6 Å². The van der Waals surface area contributed by atoms with E-state index in [4.69, 9.17) is 22.1 Å². The minimum atomic E-state index is -0.589. The number of methoxy groups -OCH3 is 1. The Hall–Kier alpha value is -1.36. The summed E-state index contributed by atoms with van der Waals surface area (Å²) < 4.78 is 5.15. The van der Waals surface area contributed by atoms with E-state index in [2.05, 4.69) is 0 Å². The highest BCUT2D eigenvalue weighted by Crippen LogP contribution is 2.31. The Balaban J connectivity index is 2.04. The summed E-state index contributed by atoms with van der Waals surface area (Å²) in [5.74, 6) is 1.23. The molecule has 0 saturated heterocycles. The van der Waals surface area contributed by atoms with Crippen LogP contribution in [-0.2, 0) is 0 Å². The highest BCUT2D eigenvalue weighted by molar-refractivity contribution is 7.99. The second-order valence-electron chi connectivity index (χ2n) is 4.29. The van der Waals surface area contributed by atoms with Crippen molar-refractivity contribution in [2.24, 2.45) is 0 Å². The van der Waals surface area contributed by atoms with Gasteiger partial charge in [-0.1, -0.05) is 23.7 Å². The number of nitrogen functional groups attached to an aromatic ring is 1. The van der Waals surface area contributed by atoms with Crippen molar-refractivity contribution in [3.05, 3.63) is 53.1 Å². The average molecular weight is 310 g/mol. The third-order valence-corrected chi connectivity index (χ3v) is 4.23. The molecule has 0 fully saturated rings. The molecule has 3 N–H and O–H groups in total. The van der Waals surface area contributed by atoms with E-state index in [1.54, 1.807) is 25.3 Å². The molecule has 0 saturated carbocycles. The van der Waals surface area contributed by atoms with Crippen molar-refractivity contribution >= 4 is 29.1 Å². The summed E-state index contributed by atoms with van der Waals surface area (Å²) in [5, 5.41) is 10.8. The van der Waals surface area contributed by atoms with Gasteiger partial charge < -0.3 is 15.6 Å². The molecule has 0 heterocycles. The van der Waals surface area contributed by atoms with Gasteiger partial charge in [0, 0.05) is 21.4 Å². The predicted molar refractivity (Wildman–Crippen MR) is 84.5 cm³/mol. The Kier molecular flexibility index (Phi) is 5.17. The summed E-state index contributed by atoms with van der Waals surface area (Å²) in [6, 6.07) is 12.7. The Morgan fingerprint density at radius 3 is 2.85 bits per heavy atom. The first-order chi connectivity index (χ1) is 9.60. The van der Waals surface area contributed by atoms with Crippen molar-refractivity contribution in [3.63, 3.8) is 0 Å². The molecule has 0 bridgehead atoms. The molecule has 5 heteroatoms. The topological polar surface area (TPSA) is 55.5 Å². The highest BCUT2D eigenvalue weighted by atomic mass is 35.5. The molecular weight excluding hydrogens is 294 g/mol. The SMILES string of the molecule is COc1cccc(C(O)CSc2cc(Cl)ccc2N)c1. The van der Waals surface area contributed by atoms with Gasteiger partial charge in [0.2, 0.25) is 0 Å². The fraction of sp³-hybridized carbons (Fsp3) is 0.200. The van der Waals surface area contributed by atoms with Crippen molar-refractivity contribution in [1.82, 2.24) is 0 Å². The first kappa shape index (κ1) is 15.0. The first-order valence-electron chi connectivity index (χ1n) is 6.10. The maximum absolute atomic E-state index is 10.2. The van der Waals surface area contributed by atoms with Crippen LogP contribution in [0, 0.1) is 0 Å². The van der Waals surface area contributed by atoms with Gasteiger partial charge in [0.15, 0.2) is 0 Å². The minimum absolute atomic E-state index is 0.498. The molecule has 0 radical (unpaired) electrons. The van der Waals surface area contributed by atoms with Crippen LogP contribution < -0.4 is 10.5 Å². The van der Waals surface area contributed by atoms with Crippen LogP contribution >= 0.6 is 23.4 Å². The molecule has 2 rings (SSSR count). The second-order valence-corrected chi connectivity index (χ2v) is 5.78. The molecule has 20 heavy (non-hydrogen) atoms. The third kappa shape index (κ3) is 3.82. The van der Waals surface area contributed by atoms with Crippen LogP contribution in [0.1, 0.15) is 11.7 Å². The van der Waals surface area contributed by atoms with Gasteiger partial charge in [0.1, 0.15) is 5.75 Å². The van der Waals surface area contributed by atoms with Gasteiger partial charge >= 0.3 is 0 Å². The van der Waals surface area contributed by atoms with E-state index in [1.165, 1.54) is 11.8 Å². The number of rotatable bonds is 5. The van der Waals surface area contributed by atoms with Gasteiger partial charge in [-0.25, -0.2) is 0 Å². The van der Waals surface area contributed by atoms with Gasteiger partial charge in [0.05, 0.1) is 13.2 Å². The first-order valence-corrected chi connectivity index (χ1v) is 7.46. The Morgan fingerprint density at radius 1 is 1.30 bits per heavy atom. The molecule has 0 aliphatic rings. The number of halogens is 1. The van der Waals surface area contributed by atoms with E-state index in [1.807, 2.05) is 24.3 Å². The van der Waals surface area contributed by atoms with E-state index in [9.17, 15) is 5.11 Å². The lowest BCUT2D eigenvalue weighted by molar-refractivity contribution is 0.203. The van der Waals surface area contributed by atoms with Crippen LogP contribution in [-0.4, -0.2) is 18.0 Å². The maximum Gasteiger partial charge on any atom is 0.119 e. The fourth-order valence-corrected chi connectivity index (χ4v) is 2.96. The second kappa shape index (κ2) is 6.88. The lowest BCUT2D eigenvalue weighted by Gasteiger charge is -2.13. The molecule has 106 valence electrons. The number of hydrogen-bond donors (Lipinski definition) is 2. The lowest BCUT2D eigenvalue weighted by Crippen LogP contribution is -2.01. The average Bonchev–Trinajstić information content (AvgIpc) is 2.48. The van der Waals surface area contributed by atoms with Crippen LogP contribution in [0.3, 0.4) is 0 Å². The quantitative estimate of drug-likeness (QED) is 0.652. The van der Waals surface area contributed by atoms with Crippen LogP contribution in [0.5, 0.6) is 5.75 Å². The number of aliphatic hydroxyl groups excluding tert-OH is 1.